The Hall–Kier alpha value is -2.10. The summed E-state index contributed by atoms with van der Waals surface area (Å²) in [5, 5.41) is 3.13. The highest BCUT2D eigenvalue weighted by molar-refractivity contribution is 5.37. The van der Waals surface area contributed by atoms with Gasteiger partial charge < -0.3 is 10.1 Å². The topological polar surface area (TPSA) is 34.1 Å². The number of aromatic nitrogens is 1. The Labute approximate surface area is 112 Å². The lowest BCUT2D eigenvalue weighted by atomic mass is 10.2. The first-order chi connectivity index (χ1) is 9.20. The minimum absolute atomic E-state index is 0.279. The number of nitrogens with zero attached hydrogens (tertiary/aromatic N) is 1. The van der Waals surface area contributed by atoms with E-state index in [-0.39, 0.29) is 11.6 Å². The molecule has 0 aliphatic carbocycles. The van der Waals surface area contributed by atoms with E-state index in [1.54, 1.807) is 31.3 Å². The highest BCUT2D eigenvalue weighted by Gasteiger charge is 2.06. The number of anilines is 1. The van der Waals surface area contributed by atoms with Crippen LogP contribution in [0.2, 0.25) is 0 Å². The molecule has 3 nitrogen and oxygen atoms in total. The smallest absolute Gasteiger partial charge is 0.167 e. The van der Waals surface area contributed by atoms with Crippen molar-refractivity contribution < 1.29 is 9.13 Å². The first-order valence-corrected chi connectivity index (χ1v) is 6.27. The quantitative estimate of drug-likeness (QED) is 0.892. The molecule has 1 N–H and O–H groups in total. The summed E-state index contributed by atoms with van der Waals surface area (Å²) in [7, 11) is 0. The van der Waals surface area contributed by atoms with E-state index in [1.807, 2.05) is 19.1 Å². The van der Waals surface area contributed by atoms with Crippen molar-refractivity contribution in [1.29, 1.82) is 0 Å². The van der Waals surface area contributed by atoms with Crippen LogP contribution in [0.25, 0.3) is 0 Å². The molecule has 0 atom stereocenters. The molecule has 100 valence electrons. The molecule has 0 saturated heterocycles. The van der Waals surface area contributed by atoms with Gasteiger partial charge in [-0.2, -0.15) is 0 Å². The number of rotatable bonds is 5. The second kappa shape index (κ2) is 6.18. The Balaban J connectivity index is 2.06. The largest absolute Gasteiger partial charge is 0.486 e. The Morgan fingerprint density at radius 1 is 1.32 bits per heavy atom. The maximum Gasteiger partial charge on any atom is 0.167 e. The fraction of sp³-hybridized carbons (Fsp3) is 0.267. The summed E-state index contributed by atoms with van der Waals surface area (Å²) in [5.41, 5.74) is 1.53. The Morgan fingerprint density at radius 3 is 2.95 bits per heavy atom. The van der Waals surface area contributed by atoms with Gasteiger partial charge in [-0.3, -0.25) is 0 Å². The van der Waals surface area contributed by atoms with Crippen molar-refractivity contribution in [1.82, 2.24) is 4.98 Å². The van der Waals surface area contributed by atoms with Gasteiger partial charge in [-0.05, 0) is 43.2 Å². The van der Waals surface area contributed by atoms with Gasteiger partial charge in [-0.1, -0.05) is 12.1 Å². The third-order valence-electron chi connectivity index (χ3n) is 2.73. The van der Waals surface area contributed by atoms with Crippen LogP contribution in [0.4, 0.5) is 10.2 Å². The summed E-state index contributed by atoms with van der Waals surface area (Å²) in [5.74, 6) is 0.776. The third-order valence-corrected chi connectivity index (χ3v) is 2.73. The van der Waals surface area contributed by atoms with Crippen LogP contribution < -0.4 is 10.1 Å². The van der Waals surface area contributed by atoms with Crippen molar-refractivity contribution in [2.45, 2.75) is 20.5 Å². The molecule has 0 unspecified atom stereocenters. The minimum Gasteiger partial charge on any atom is -0.486 e. The summed E-state index contributed by atoms with van der Waals surface area (Å²) < 4.78 is 19.3. The standard InChI is InChI=1S/C15H17FN2O/c1-3-17-14-9-12(7-8-18-14)10-19-13-6-4-5-11(2)15(13)16/h4-9H,3,10H2,1-2H3,(H,17,18). The highest BCUT2D eigenvalue weighted by Crippen LogP contribution is 2.21. The number of ether oxygens (including phenoxy) is 1. The van der Waals surface area contributed by atoms with E-state index in [0.717, 1.165) is 17.9 Å². The lowest BCUT2D eigenvalue weighted by molar-refractivity contribution is 0.289. The number of hydrogen-bond acceptors (Lipinski definition) is 3. The average molecular weight is 260 g/mol. The van der Waals surface area contributed by atoms with Crippen LogP contribution in [-0.2, 0) is 6.61 Å². The minimum atomic E-state index is -0.302. The van der Waals surface area contributed by atoms with E-state index in [0.29, 0.717) is 12.2 Å². The van der Waals surface area contributed by atoms with Gasteiger partial charge in [0.15, 0.2) is 11.6 Å². The van der Waals surface area contributed by atoms with E-state index in [2.05, 4.69) is 10.3 Å². The molecule has 0 saturated carbocycles. The molecule has 0 spiro atoms. The molecule has 1 heterocycles. The maximum atomic E-state index is 13.8. The summed E-state index contributed by atoms with van der Waals surface area (Å²) in [6.07, 6.45) is 1.71. The van der Waals surface area contributed by atoms with Crippen LogP contribution in [0.1, 0.15) is 18.1 Å². The SMILES string of the molecule is CCNc1cc(COc2cccc(C)c2F)ccn1. The second-order valence-corrected chi connectivity index (χ2v) is 4.26. The fourth-order valence-corrected chi connectivity index (χ4v) is 1.73. The van der Waals surface area contributed by atoms with Crippen molar-refractivity contribution in [3.05, 3.63) is 53.5 Å². The van der Waals surface area contributed by atoms with Crippen LogP contribution in [0.3, 0.4) is 0 Å². The predicted octanol–water partition coefficient (Wildman–Crippen LogP) is 3.54. The lowest BCUT2D eigenvalue weighted by Crippen LogP contribution is -2.02. The molecule has 4 heteroatoms. The molecule has 0 aliphatic rings. The number of nitrogens with one attached hydrogen (secondary N) is 1. The number of hydrogen-bond donors (Lipinski definition) is 1. The normalized spacial score (nSPS) is 10.3. The van der Waals surface area contributed by atoms with Gasteiger partial charge in [0.1, 0.15) is 12.4 Å². The molecule has 0 aliphatic heterocycles. The molecule has 2 aromatic rings. The zero-order chi connectivity index (χ0) is 13.7. The summed E-state index contributed by atoms with van der Waals surface area (Å²) >= 11 is 0. The zero-order valence-corrected chi connectivity index (χ0v) is 11.1. The van der Waals surface area contributed by atoms with Gasteiger partial charge in [0, 0.05) is 12.7 Å². The molecular weight excluding hydrogens is 243 g/mol. The van der Waals surface area contributed by atoms with Gasteiger partial charge in [-0.15, -0.1) is 0 Å². The first-order valence-electron chi connectivity index (χ1n) is 6.27. The van der Waals surface area contributed by atoms with Gasteiger partial charge in [-0.25, -0.2) is 9.37 Å². The molecule has 2 rings (SSSR count). The maximum absolute atomic E-state index is 13.8. The highest BCUT2D eigenvalue weighted by atomic mass is 19.1. The third kappa shape index (κ3) is 3.44. The average Bonchev–Trinajstić information content (AvgIpc) is 2.41. The first kappa shape index (κ1) is 13.3. The van der Waals surface area contributed by atoms with E-state index in [9.17, 15) is 4.39 Å². The van der Waals surface area contributed by atoms with Gasteiger partial charge in [0.05, 0.1) is 0 Å². The number of halogens is 1. The monoisotopic (exact) mass is 260 g/mol. The fourth-order valence-electron chi connectivity index (χ4n) is 1.73. The molecule has 0 fully saturated rings. The number of aryl methyl sites for hydroxylation is 1. The Bertz CT molecular complexity index is 558. The molecule has 0 amide bonds. The van der Waals surface area contributed by atoms with E-state index < -0.39 is 0 Å². The van der Waals surface area contributed by atoms with Crippen LogP contribution in [-0.4, -0.2) is 11.5 Å². The lowest BCUT2D eigenvalue weighted by Gasteiger charge is -2.09. The number of pyridine rings is 1. The van der Waals surface area contributed by atoms with E-state index in [1.165, 1.54) is 0 Å². The molecule has 0 bridgehead atoms. The second-order valence-electron chi connectivity index (χ2n) is 4.26. The Morgan fingerprint density at radius 2 is 2.16 bits per heavy atom. The van der Waals surface area contributed by atoms with Crippen LogP contribution >= 0.6 is 0 Å². The number of benzene rings is 1. The van der Waals surface area contributed by atoms with Crippen molar-refractivity contribution in [3.63, 3.8) is 0 Å². The van der Waals surface area contributed by atoms with Crippen molar-refractivity contribution in [2.75, 3.05) is 11.9 Å². The van der Waals surface area contributed by atoms with Crippen LogP contribution in [0.5, 0.6) is 5.75 Å². The van der Waals surface area contributed by atoms with Crippen molar-refractivity contribution in [3.8, 4) is 5.75 Å². The van der Waals surface area contributed by atoms with Gasteiger partial charge in [0.2, 0.25) is 0 Å². The van der Waals surface area contributed by atoms with E-state index in [4.69, 9.17) is 4.74 Å². The molecular formula is C15H17FN2O. The van der Waals surface area contributed by atoms with Crippen molar-refractivity contribution >= 4 is 5.82 Å². The molecule has 19 heavy (non-hydrogen) atoms. The van der Waals surface area contributed by atoms with Crippen LogP contribution in [0, 0.1) is 12.7 Å². The summed E-state index contributed by atoms with van der Waals surface area (Å²) in [6.45, 7) is 4.86. The molecule has 0 radical (unpaired) electrons. The van der Waals surface area contributed by atoms with Crippen LogP contribution in [0.15, 0.2) is 36.5 Å². The molecule has 1 aromatic heterocycles. The zero-order valence-electron chi connectivity index (χ0n) is 11.1. The summed E-state index contributed by atoms with van der Waals surface area (Å²) in [4.78, 5) is 4.18. The van der Waals surface area contributed by atoms with Crippen molar-refractivity contribution in [2.24, 2.45) is 0 Å². The van der Waals surface area contributed by atoms with E-state index >= 15 is 0 Å². The predicted molar refractivity (Wildman–Crippen MR) is 73.9 cm³/mol. The summed E-state index contributed by atoms with van der Waals surface area (Å²) in [6, 6.07) is 8.89. The van der Waals surface area contributed by atoms with Gasteiger partial charge in [0.25, 0.3) is 0 Å². The van der Waals surface area contributed by atoms with Gasteiger partial charge >= 0.3 is 0 Å². The Kier molecular flexibility index (Phi) is 4.34. The molecule has 1 aromatic carbocycles.